The predicted molar refractivity (Wildman–Crippen MR) is 71.5 cm³/mol. The standard InChI is InChI=1S/C14H20N2O2/c1-11-8-13(5-4-12(11)9-15)16-10-14(2,17)6-7-18-3/h4-5,8,16-17H,6-7,10H2,1-3H3. The van der Waals surface area contributed by atoms with E-state index in [1.807, 2.05) is 19.1 Å². The van der Waals surface area contributed by atoms with Crippen molar-refractivity contribution < 1.29 is 9.84 Å². The number of rotatable bonds is 6. The molecule has 0 bridgehead atoms. The van der Waals surface area contributed by atoms with Gasteiger partial charge in [0.1, 0.15) is 0 Å². The minimum Gasteiger partial charge on any atom is -0.388 e. The fraction of sp³-hybridized carbons (Fsp3) is 0.500. The van der Waals surface area contributed by atoms with Crippen LogP contribution in [0.5, 0.6) is 0 Å². The third kappa shape index (κ3) is 4.36. The van der Waals surface area contributed by atoms with Crippen LogP contribution in [0.3, 0.4) is 0 Å². The van der Waals surface area contributed by atoms with Gasteiger partial charge in [-0.05, 0) is 37.6 Å². The number of nitrogens with zero attached hydrogens (tertiary/aromatic N) is 1. The third-order valence-electron chi connectivity index (χ3n) is 2.86. The maximum absolute atomic E-state index is 10.1. The van der Waals surface area contributed by atoms with Crippen molar-refractivity contribution >= 4 is 5.69 Å². The second-order valence-corrected chi connectivity index (χ2v) is 4.73. The highest BCUT2D eigenvalue weighted by atomic mass is 16.5. The number of aliphatic hydroxyl groups is 1. The Morgan fingerprint density at radius 3 is 2.78 bits per heavy atom. The summed E-state index contributed by atoms with van der Waals surface area (Å²) in [6.45, 7) is 4.64. The van der Waals surface area contributed by atoms with E-state index in [4.69, 9.17) is 10.00 Å². The Bertz CT molecular complexity index is 436. The van der Waals surface area contributed by atoms with Gasteiger partial charge in [-0.1, -0.05) is 0 Å². The van der Waals surface area contributed by atoms with Gasteiger partial charge in [-0.15, -0.1) is 0 Å². The van der Waals surface area contributed by atoms with Gasteiger partial charge in [0.25, 0.3) is 0 Å². The summed E-state index contributed by atoms with van der Waals surface area (Å²) in [5.41, 5.74) is 1.70. The largest absolute Gasteiger partial charge is 0.388 e. The Morgan fingerprint density at radius 2 is 2.22 bits per heavy atom. The molecule has 0 aliphatic heterocycles. The molecule has 0 aliphatic rings. The highest BCUT2D eigenvalue weighted by Gasteiger charge is 2.19. The molecule has 1 unspecified atom stereocenters. The minimum absolute atomic E-state index is 0.446. The number of hydrogen-bond acceptors (Lipinski definition) is 4. The molecule has 2 N–H and O–H groups in total. The predicted octanol–water partition coefficient (Wildman–Crippen LogP) is 2.07. The fourth-order valence-corrected chi connectivity index (χ4v) is 1.60. The average molecular weight is 248 g/mol. The quantitative estimate of drug-likeness (QED) is 0.808. The van der Waals surface area contributed by atoms with E-state index in [1.54, 1.807) is 20.1 Å². The summed E-state index contributed by atoms with van der Waals surface area (Å²) >= 11 is 0. The second kappa shape index (κ2) is 6.39. The molecule has 0 amide bonds. The fourth-order valence-electron chi connectivity index (χ4n) is 1.60. The Balaban J connectivity index is 2.58. The van der Waals surface area contributed by atoms with E-state index in [9.17, 15) is 5.11 Å². The van der Waals surface area contributed by atoms with Gasteiger partial charge in [-0.2, -0.15) is 5.26 Å². The van der Waals surface area contributed by atoms with Gasteiger partial charge in [0.05, 0.1) is 17.2 Å². The summed E-state index contributed by atoms with van der Waals surface area (Å²) in [6, 6.07) is 7.66. The molecule has 0 heterocycles. The number of benzene rings is 1. The van der Waals surface area contributed by atoms with Gasteiger partial charge in [0.15, 0.2) is 0 Å². The van der Waals surface area contributed by atoms with Gasteiger partial charge in [0, 0.05) is 32.4 Å². The van der Waals surface area contributed by atoms with E-state index in [0.29, 0.717) is 25.1 Å². The number of ether oxygens (including phenoxy) is 1. The van der Waals surface area contributed by atoms with E-state index >= 15 is 0 Å². The number of hydrogen-bond donors (Lipinski definition) is 2. The van der Waals surface area contributed by atoms with Crippen molar-refractivity contribution in [2.24, 2.45) is 0 Å². The molecule has 0 radical (unpaired) electrons. The molecular weight excluding hydrogens is 228 g/mol. The van der Waals surface area contributed by atoms with Gasteiger partial charge < -0.3 is 15.2 Å². The topological polar surface area (TPSA) is 65.3 Å². The lowest BCUT2D eigenvalue weighted by atomic mass is 10.0. The Hall–Kier alpha value is -1.57. The molecule has 4 heteroatoms. The van der Waals surface area contributed by atoms with Crippen molar-refractivity contribution in [3.8, 4) is 6.07 Å². The Kier molecular flexibility index (Phi) is 5.14. The lowest BCUT2D eigenvalue weighted by Crippen LogP contribution is -2.34. The number of methoxy groups -OCH3 is 1. The van der Waals surface area contributed by atoms with Crippen LogP contribution in [0.15, 0.2) is 18.2 Å². The number of nitriles is 1. The van der Waals surface area contributed by atoms with Crippen LogP contribution in [0.2, 0.25) is 0 Å². The molecule has 98 valence electrons. The van der Waals surface area contributed by atoms with E-state index in [0.717, 1.165) is 11.3 Å². The molecule has 1 atom stereocenters. The molecule has 4 nitrogen and oxygen atoms in total. The SMILES string of the molecule is COCCC(C)(O)CNc1ccc(C#N)c(C)c1. The second-order valence-electron chi connectivity index (χ2n) is 4.73. The van der Waals surface area contributed by atoms with E-state index in [2.05, 4.69) is 11.4 Å². The van der Waals surface area contributed by atoms with Crippen molar-refractivity contribution in [3.05, 3.63) is 29.3 Å². The number of anilines is 1. The summed E-state index contributed by atoms with van der Waals surface area (Å²) in [6.07, 6.45) is 0.575. The first-order valence-electron chi connectivity index (χ1n) is 5.94. The van der Waals surface area contributed by atoms with Crippen molar-refractivity contribution in [1.82, 2.24) is 0 Å². The molecule has 1 aromatic rings. The molecule has 0 aromatic heterocycles. The van der Waals surface area contributed by atoms with Gasteiger partial charge in [-0.3, -0.25) is 0 Å². The van der Waals surface area contributed by atoms with Crippen LogP contribution in [-0.2, 0) is 4.74 Å². The molecule has 0 spiro atoms. The van der Waals surface area contributed by atoms with Crippen LogP contribution in [0.1, 0.15) is 24.5 Å². The number of aryl methyl sites for hydroxylation is 1. The third-order valence-corrected chi connectivity index (χ3v) is 2.86. The molecule has 0 saturated heterocycles. The maximum Gasteiger partial charge on any atom is 0.0994 e. The van der Waals surface area contributed by atoms with Crippen LogP contribution in [0.4, 0.5) is 5.69 Å². The molecule has 0 saturated carbocycles. The molecule has 18 heavy (non-hydrogen) atoms. The molecule has 1 rings (SSSR count). The van der Waals surface area contributed by atoms with Crippen LogP contribution >= 0.6 is 0 Å². The van der Waals surface area contributed by atoms with Crippen molar-refractivity contribution in [2.75, 3.05) is 25.6 Å². The van der Waals surface area contributed by atoms with Crippen LogP contribution in [0, 0.1) is 18.3 Å². The van der Waals surface area contributed by atoms with E-state index in [1.165, 1.54) is 0 Å². The van der Waals surface area contributed by atoms with Crippen LogP contribution in [0.25, 0.3) is 0 Å². The van der Waals surface area contributed by atoms with Gasteiger partial charge >= 0.3 is 0 Å². The Morgan fingerprint density at radius 1 is 1.50 bits per heavy atom. The zero-order chi connectivity index (χ0) is 13.6. The monoisotopic (exact) mass is 248 g/mol. The normalized spacial score (nSPS) is 13.7. The molecule has 1 aromatic carbocycles. The summed E-state index contributed by atoms with van der Waals surface area (Å²) in [4.78, 5) is 0. The van der Waals surface area contributed by atoms with Gasteiger partial charge in [0.2, 0.25) is 0 Å². The van der Waals surface area contributed by atoms with Crippen LogP contribution < -0.4 is 5.32 Å². The molecular formula is C14H20N2O2. The highest BCUT2D eigenvalue weighted by molar-refractivity contribution is 5.51. The maximum atomic E-state index is 10.1. The summed E-state index contributed by atoms with van der Waals surface area (Å²) < 4.78 is 4.96. The smallest absolute Gasteiger partial charge is 0.0994 e. The van der Waals surface area contributed by atoms with Crippen molar-refractivity contribution in [2.45, 2.75) is 25.9 Å². The molecule has 0 fully saturated rings. The first-order chi connectivity index (χ1) is 8.48. The lowest BCUT2D eigenvalue weighted by molar-refractivity contribution is 0.0357. The summed E-state index contributed by atoms with van der Waals surface area (Å²) in [5, 5.41) is 22.1. The lowest BCUT2D eigenvalue weighted by Gasteiger charge is -2.24. The summed E-state index contributed by atoms with van der Waals surface area (Å²) in [5.74, 6) is 0. The zero-order valence-electron chi connectivity index (χ0n) is 11.2. The minimum atomic E-state index is -0.808. The summed E-state index contributed by atoms with van der Waals surface area (Å²) in [7, 11) is 1.62. The Labute approximate surface area is 108 Å². The average Bonchev–Trinajstić information content (AvgIpc) is 2.34. The number of nitrogens with one attached hydrogen (secondary N) is 1. The molecule has 0 aliphatic carbocycles. The first kappa shape index (κ1) is 14.5. The van der Waals surface area contributed by atoms with Crippen molar-refractivity contribution in [3.63, 3.8) is 0 Å². The van der Waals surface area contributed by atoms with E-state index in [-0.39, 0.29) is 0 Å². The highest BCUT2D eigenvalue weighted by Crippen LogP contribution is 2.16. The van der Waals surface area contributed by atoms with Crippen molar-refractivity contribution in [1.29, 1.82) is 5.26 Å². The first-order valence-corrected chi connectivity index (χ1v) is 5.94. The van der Waals surface area contributed by atoms with Crippen LogP contribution in [-0.4, -0.2) is 31.0 Å². The zero-order valence-corrected chi connectivity index (χ0v) is 11.2. The van der Waals surface area contributed by atoms with E-state index < -0.39 is 5.60 Å². The van der Waals surface area contributed by atoms with Gasteiger partial charge in [-0.25, -0.2) is 0 Å².